The molecule has 1 aliphatic carbocycles. The van der Waals surface area contributed by atoms with Gasteiger partial charge in [0, 0.05) is 6.07 Å². The maximum absolute atomic E-state index is 14.2. The van der Waals surface area contributed by atoms with Gasteiger partial charge in [-0.1, -0.05) is 39.8 Å². The number of halogens is 1. The van der Waals surface area contributed by atoms with Crippen molar-refractivity contribution in [1.29, 1.82) is 0 Å². The highest BCUT2D eigenvalue weighted by Gasteiger charge is 2.36. The maximum Gasteiger partial charge on any atom is 0.279 e. The van der Waals surface area contributed by atoms with Crippen LogP contribution in [0, 0.1) is 26.8 Å². The van der Waals surface area contributed by atoms with Gasteiger partial charge in [0.05, 0.1) is 10.5 Å². The van der Waals surface area contributed by atoms with Crippen LogP contribution >= 0.6 is 0 Å². The molecule has 3 nitrogen and oxygen atoms in total. The number of allylic oxidation sites excluding steroid dienone is 2. The number of nitro benzene ring substituents is 1. The SMILES string of the molecule is CC1(C)C=C(c2c(F)cccc2[N+](=O)[O-])CC(C)(C)C1. The Morgan fingerprint density at radius 3 is 2.45 bits per heavy atom. The molecule has 0 saturated carbocycles. The van der Waals surface area contributed by atoms with E-state index in [9.17, 15) is 14.5 Å². The quantitative estimate of drug-likeness (QED) is 0.566. The number of rotatable bonds is 2. The normalized spacial score (nSPS) is 20.4. The van der Waals surface area contributed by atoms with E-state index in [1.807, 2.05) is 6.08 Å². The van der Waals surface area contributed by atoms with Crippen molar-refractivity contribution in [1.82, 2.24) is 0 Å². The second-order valence-electron chi connectivity index (χ2n) is 7.07. The molecule has 0 atom stereocenters. The van der Waals surface area contributed by atoms with Gasteiger partial charge in [-0.15, -0.1) is 0 Å². The smallest absolute Gasteiger partial charge is 0.258 e. The number of hydrogen-bond donors (Lipinski definition) is 0. The van der Waals surface area contributed by atoms with Gasteiger partial charge < -0.3 is 0 Å². The molecule has 108 valence electrons. The second-order valence-corrected chi connectivity index (χ2v) is 7.07. The van der Waals surface area contributed by atoms with E-state index < -0.39 is 10.7 Å². The summed E-state index contributed by atoms with van der Waals surface area (Å²) in [5.41, 5.74) is 0.663. The monoisotopic (exact) mass is 277 g/mol. The zero-order chi connectivity index (χ0) is 15.1. The van der Waals surface area contributed by atoms with Crippen molar-refractivity contribution < 1.29 is 9.31 Å². The summed E-state index contributed by atoms with van der Waals surface area (Å²) in [5, 5.41) is 11.2. The Balaban J connectivity index is 2.62. The standard InChI is InChI=1S/C16H20FNO2/c1-15(2)8-11(9-16(3,4)10-15)14-12(17)6-5-7-13(14)18(19)20/h5-8H,9-10H2,1-4H3. The molecule has 0 radical (unpaired) electrons. The van der Waals surface area contributed by atoms with Gasteiger partial charge in [0.25, 0.3) is 5.69 Å². The molecule has 0 bridgehead atoms. The molecule has 1 aliphatic rings. The number of hydrogen-bond acceptors (Lipinski definition) is 2. The van der Waals surface area contributed by atoms with Crippen LogP contribution in [0.1, 0.15) is 46.1 Å². The van der Waals surface area contributed by atoms with Crippen LogP contribution in [-0.2, 0) is 0 Å². The third kappa shape index (κ3) is 2.89. The van der Waals surface area contributed by atoms with Gasteiger partial charge in [-0.25, -0.2) is 4.39 Å². The minimum atomic E-state index is -0.515. The fourth-order valence-electron chi connectivity index (χ4n) is 3.53. The van der Waals surface area contributed by atoms with Gasteiger partial charge in [-0.3, -0.25) is 10.1 Å². The van der Waals surface area contributed by atoms with Crippen molar-refractivity contribution in [2.45, 2.75) is 40.5 Å². The minimum Gasteiger partial charge on any atom is -0.258 e. The van der Waals surface area contributed by atoms with Crippen LogP contribution in [0.15, 0.2) is 24.3 Å². The average Bonchev–Trinajstić information content (AvgIpc) is 2.23. The third-order valence-corrected chi connectivity index (χ3v) is 3.68. The minimum absolute atomic E-state index is 0.00370. The molecule has 1 aromatic rings. The molecular weight excluding hydrogens is 257 g/mol. The fraction of sp³-hybridized carbons (Fsp3) is 0.500. The van der Waals surface area contributed by atoms with Crippen molar-refractivity contribution in [3.8, 4) is 0 Å². The molecule has 20 heavy (non-hydrogen) atoms. The predicted octanol–water partition coefficient (Wildman–Crippen LogP) is 4.96. The summed E-state index contributed by atoms with van der Waals surface area (Å²) in [6.45, 7) is 8.41. The van der Waals surface area contributed by atoms with Gasteiger partial charge in [0.2, 0.25) is 0 Å². The zero-order valence-electron chi connectivity index (χ0n) is 12.4. The van der Waals surface area contributed by atoms with Crippen molar-refractivity contribution in [2.24, 2.45) is 10.8 Å². The van der Waals surface area contributed by atoms with Gasteiger partial charge in [-0.2, -0.15) is 0 Å². The van der Waals surface area contributed by atoms with Crippen LogP contribution in [0.4, 0.5) is 10.1 Å². The lowest BCUT2D eigenvalue weighted by molar-refractivity contribution is -0.385. The van der Waals surface area contributed by atoms with Gasteiger partial charge in [-0.05, 0) is 35.3 Å². The van der Waals surface area contributed by atoms with Crippen molar-refractivity contribution >= 4 is 11.3 Å². The lowest BCUT2D eigenvalue weighted by Crippen LogP contribution is -2.27. The summed E-state index contributed by atoms with van der Waals surface area (Å²) in [6.07, 6.45) is 3.62. The molecule has 0 amide bonds. The summed E-state index contributed by atoms with van der Waals surface area (Å²) < 4.78 is 14.2. The van der Waals surface area contributed by atoms with Crippen LogP contribution in [0.2, 0.25) is 0 Å². The molecule has 0 saturated heterocycles. The Morgan fingerprint density at radius 1 is 1.25 bits per heavy atom. The van der Waals surface area contributed by atoms with Crippen LogP contribution in [-0.4, -0.2) is 4.92 Å². The Morgan fingerprint density at radius 2 is 1.90 bits per heavy atom. The molecule has 0 unspecified atom stereocenters. The van der Waals surface area contributed by atoms with E-state index in [-0.39, 0.29) is 22.1 Å². The zero-order valence-corrected chi connectivity index (χ0v) is 12.4. The lowest BCUT2D eigenvalue weighted by Gasteiger charge is -2.39. The van der Waals surface area contributed by atoms with E-state index >= 15 is 0 Å². The molecule has 0 aromatic heterocycles. The van der Waals surface area contributed by atoms with E-state index in [2.05, 4.69) is 27.7 Å². The first-order valence-corrected chi connectivity index (χ1v) is 6.76. The molecule has 0 fully saturated rings. The first-order valence-electron chi connectivity index (χ1n) is 6.76. The number of nitro groups is 1. The summed E-state index contributed by atoms with van der Waals surface area (Å²) in [4.78, 5) is 10.6. The van der Waals surface area contributed by atoms with Gasteiger partial charge in [0.15, 0.2) is 0 Å². The Hall–Kier alpha value is -1.71. The molecular formula is C16H20FNO2. The van der Waals surface area contributed by atoms with Gasteiger partial charge in [0.1, 0.15) is 5.82 Å². The molecule has 0 heterocycles. The van der Waals surface area contributed by atoms with E-state index in [1.54, 1.807) is 0 Å². The molecule has 1 aromatic carbocycles. The third-order valence-electron chi connectivity index (χ3n) is 3.68. The highest BCUT2D eigenvalue weighted by atomic mass is 19.1. The van der Waals surface area contributed by atoms with Crippen LogP contribution in [0.5, 0.6) is 0 Å². The lowest BCUT2D eigenvalue weighted by atomic mass is 9.65. The van der Waals surface area contributed by atoms with Crippen LogP contribution in [0.3, 0.4) is 0 Å². The predicted molar refractivity (Wildman–Crippen MR) is 77.8 cm³/mol. The van der Waals surface area contributed by atoms with Crippen LogP contribution < -0.4 is 0 Å². The Kier molecular flexibility index (Phi) is 3.44. The molecule has 0 N–H and O–H groups in total. The van der Waals surface area contributed by atoms with E-state index in [1.165, 1.54) is 18.2 Å². The van der Waals surface area contributed by atoms with Crippen molar-refractivity contribution in [2.75, 3.05) is 0 Å². The summed E-state index contributed by atoms with van der Waals surface area (Å²) in [5.74, 6) is -0.515. The second kappa shape index (κ2) is 4.69. The first kappa shape index (κ1) is 14.7. The summed E-state index contributed by atoms with van der Waals surface area (Å²) >= 11 is 0. The Bertz CT molecular complexity index is 588. The topological polar surface area (TPSA) is 43.1 Å². The van der Waals surface area contributed by atoms with Crippen LogP contribution in [0.25, 0.3) is 5.57 Å². The van der Waals surface area contributed by atoms with Crippen molar-refractivity contribution in [3.05, 3.63) is 45.8 Å². The highest BCUT2D eigenvalue weighted by Crippen LogP contribution is 2.49. The Labute approximate surface area is 118 Å². The first-order chi connectivity index (χ1) is 9.11. The summed E-state index contributed by atoms with van der Waals surface area (Å²) in [6, 6.07) is 4.04. The highest BCUT2D eigenvalue weighted by molar-refractivity contribution is 5.74. The number of nitrogens with zero attached hydrogens (tertiary/aromatic N) is 1. The number of benzene rings is 1. The molecule has 2 rings (SSSR count). The molecule has 0 spiro atoms. The maximum atomic E-state index is 14.2. The van der Waals surface area contributed by atoms with Crippen molar-refractivity contribution in [3.63, 3.8) is 0 Å². The van der Waals surface area contributed by atoms with E-state index in [0.717, 1.165) is 12.0 Å². The fourth-order valence-corrected chi connectivity index (χ4v) is 3.53. The summed E-state index contributed by atoms with van der Waals surface area (Å²) in [7, 11) is 0. The van der Waals surface area contributed by atoms with E-state index in [4.69, 9.17) is 0 Å². The average molecular weight is 277 g/mol. The van der Waals surface area contributed by atoms with Gasteiger partial charge >= 0.3 is 0 Å². The van der Waals surface area contributed by atoms with E-state index in [0.29, 0.717) is 6.42 Å². The largest absolute Gasteiger partial charge is 0.279 e. The molecule has 0 aliphatic heterocycles. The molecule has 4 heteroatoms.